The maximum absolute atomic E-state index is 4.58. The van der Waals surface area contributed by atoms with Crippen LogP contribution in [0.5, 0.6) is 0 Å². The Labute approximate surface area is 126 Å². The number of hydrogen-bond acceptors (Lipinski definition) is 4. The number of hydrogen-bond donors (Lipinski definition) is 1. The predicted octanol–water partition coefficient (Wildman–Crippen LogP) is 2.99. The molecule has 0 amide bonds. The Kier molecular flexibility index (Phi) is 4.34. The van der Waals surface area contributed by atoms with Gasteiger partial charge in [0.2, 0.25) is 0 Å². The highest BCUT2D eigenvalue weighted by molar-refractivity contribution is 5.89. The third-order valence-corrected chi connectivity index (χ3v) is 4.25. The predicted molar refractivity (Wildman–Crippen MR) is 87.7 cm³/mol. The molecule has 1 fully saturated rings. The summed E-state index contributed by atoms with van der Waals surface area (Å²) in [6, 6.07) is 9.25. The molecule has 0 spiro atoms. The van der Waals surface area contributed by atoms with Crippen LogP contribution < -0.4 is 10.2 Å². The van der Waals surface area contributed by atoms with Crippen LogP contribution in [0.25, 0.3) is 10.9 Å². The second-order valence-corrected chi connectivity index (χ2v) is 6.11. The van der Waals surface area contributed by atoms with Gasteiger partial charge in [0.05, 0.1) is 5.52 Å². The summed E-state index contributed by atoms with van der Waals surface area (Å²) in [7, 11) is 0. The van der Waals surface area contributed by atoms with Crippen molar-refractivity contribution in [2.24, 2.45) is 0 Å². The summed E-state index contributed by atoms with van der Waals surface area (Å²) in [5, 5.41) is 4.78. The average Bonchev–Trinajstić information content (AvgIpc) is 2.53. The van der Waals surface area contributed by atoms with Crippen molar-refractivity contribution >= 4 is 16.7 Å². The van der Waals surface area contributed by atoms with Crippen LogP contribution in [0.1, 0.15) is 33.1 Å². The zero-order chi connectivity index (χ0) is 14.7. The SMILES string of the molecule is CC(C)N(CC1CCCCN1)c1ncnc2ccccc12. The van der Waals surface area contributed by atoms with E-state index in [9.17, 15) is 0 Å². The van der Waals surface area contributed by atoms with Gasteiger partial charge < -0.3 is 10.2 Å². The second-order valence-electron chi connectivity index (χ2n) is 6.11. The van der Waals surface area contributed by atoms with E-state index in [4.69, 9.17) is 0 Å². The molecule has 112 valence electrons. The summed E-state index contributed by atoms with van der Waals surface area (Å²) < 4.78 is 0. The van der Waals surface area contributed by atoms with E-state index < -0.39 is 0 Å². The average molecular weight is 284 g/mol. The second kappa shape index (κ2) is 6.39. The van der Waals surface area contributed by atoms with Crippen molar-refractivity contribution in [3.05, 3.63) is 30.6 Å². The zero-order valence-electron chi connectivity index (χ0n) is 12.9. The molecule has 0 radical (unpaired) electrons. The monoisotopic (exact) mass is 284 g/mol. The van der Waals surface area contributed by atoms with E-state index in [1.54, 1.807) is 6.33 Å². The third-order valence-electron chi connectivity index (χ3n) is 4.25. The van der Waals surface area contributed by atoms with Crippen molar-refractivity contribution in [3.63, 3.8) is 0 Å². The highest BCUT2D eigenvalue weighted by Gasteiger charge is 2.21. The van der Waals surface area contributed by atoms with Gasteiger partial charge in [0.1, 0.15) is 12.1 Å². The number of para-hydroxylation sites is 1. The van der Waals surface area contributed by atoms with Crippen molar-refractivity contribution in [1.82, 2.24) is 15.3 Å². The number of rotatable bonds is 4. The van der Waals surface area contributed by atoms with Crippen molar-refractivity contribution in [3.8, 4) is 0 Å². The molecule has 1 atom stereocenters. The smallest absolute Gasteiger partial charge is 0.140 e. The van der Waals surface area contributed by atoms with Crippen LogP contribution in [0.4, 0.5) is 5.82 Å². The molecular formula is C17H24N4. The van der Waals surface area contributed by atoms with Crippen LogP contribution in [0.2, 0.25) is 0 Å². The molecule has 1 aromatic carbocycles. The normalized spacial score (nSPS) is 19.1. The minimum Gasteiger partial charge on any atom is -0.352 e. The fraction of sp³-hybridized carbons (Fsp3) is 0.529. The fourth-order valence-electron chi connectivity index (χ4n) is 3.08. The Morgan fingerprint density at radius 2 is 2.10 bits per heavy atom. The molecule has 3 rings (SSSR count). The first-order valence-corrected chi connectivity index (χ1v) is 7.95. The first-order valence-electron chi connectivity index (χ1n) is 7.95. The lowest BCUT2D eigenvalue weighted by molar-refractivity contribution is 0.393. The molecule has 4 nitrogen and oxygen atoms in total. The number of nitrogens with zero attached hydrogens (tertiary/aromatic N) is 3. The first-order chi connectivity index (χ1) is 10.3. The van der Waals surface area contributed by atoms with E-state index in [2.05, 4.69) is 52.2 Å². The van der Waals surface area contributed by atoms with Gasteiger partial charge in [0, 0.05) is 24.0 Å². The van der Waals surface area contributed by atoms with Gasteiger partial charge in [0.25, 0.3) is 0 Å². The Hall–Kier alpha value is -1.68. The van der Waals surface area contributed by atoms with Gasteiger partial charge in [-0.05, 0) is 45.4 Å². The molecule has 1 N–H and O–H groups in total. The van der Waals surface area contributed by atoms with Crippen LogP contribution >= 0.6 is 0 Å². The number of fused-ring (bicyclic) bond motifs is 1. The molecule has 1 saturated heterocycles. The van der Waals surface area contributed by atoms with Crippen molar-refractivity contribution in [1.29, 1.82) is 0 Å². The van der Waals surface area contributed by atoms with Gasteiger partial charge in [-0.3, -0.25) is 0 Å². The minimum atomic E-state index is 0.423. The number of aromatic nitrogens is 2. The van der Waals surface area contributed by atoms with Crippen molar-refractivity contribution in [2.75, 3.05) is 18.0 Å². The quantitative estimate of drug-likeness (QED) is 0.937. The molecule has 2 aromatic rings. The molecule has 0 bridgehead atoms. The highest BCUT2D eigenvalue weighted by atomic mass is 15.2. The maximum atomic E-state index is 4.58. The lowest BCUT2D eigenvalue weighted by Gasteiger charge is -2.34. The standard InChI is InChI=1S/C17H24N4/c1-13(2)21(11-14-7-5-6-10-18-14)17-15-8-3-4-9-16(15)19-12-20-17/h3-4,8-9,12-14,18H,5-7,10-11H2,1-2H3. The van der Waals surface area contributed by atoms with Crippen LogP contribution in [0.15, 0.2) is 30.6 Å². The molecule has 1 aliphatic rings. The van der Waals surface area contributed by atoms with Crippen molar-refractivity contribution in [2.45, 2.75) is 45.2 Å². The van der Waals surface area contributed by atoms with Gasteiger partial charge in [-0.25, -0.2) is 9.97 Å². The lowest BCUT2D eigenvalue weighted by atomic mass is 10.0. The molecule has 2 heterocycles. The van der Waals surface area contributed by atoms with Crippen LogP contribution in [-0.4, -0.2) is 35.1 Å². The number of anilines is 1. The van der Waals surface area contributed by atoms with Gasteiger partial charge in [0.15, 0.2) is 0 Å². The maximum Gasteiger partial charge on any atom is 0.140 e. The minimum absolute atomic E-state index is 0.423. The topological polar surface area (TPSA) is 41.0 Å². The van der Waals surface area contributed by atoms with E-state index in [0.29, 0.717) is 12.1 Å². The molecule has 0 saturated carbocycles. The van der Waals surface area contributed by atoms with Crippen LogP contribution in [0, 0.1) is 0 Å². The molecule has 0 aliphatic carbocycles. The zero-order valence-corrected chi connectivity index (χ0v) is 12.9. The molecule has 21 heavy (non-hydrogen) atoms. The Morgan fingerprint density at radius 1 is 1.24 bits per heavy atom. The largest absolute Gasteiger partial charge is 0.352 e. The van der Waals surface area contributed by atoms with Crippen LogP contribution in [0.3, 0.4) is 0 Å². The lowest BCUT2D eigenvalue weighted by Crippen LogP contribution is -2.46. The Balaban J connectivity index is 1.91. The van der Waals surface area contributed by atoms with Gasteiger partial charge in [-0.1, -0.05) is 18.6 Å². The summed E-state index contributed by atoms with van der Waals surface area (Å²) in [5.41, 5.74) is 1.02. The molecular weight excluding hydrogens is 260 g/mol. The first kappa shape index (κ1) is 14.3. The van der Waals surface area contributed by atoms with Crippen LogP contribution in [-0.2, 0) is 0 Å². The Morgan fingerprint density at radius 3 is 2.86 bits per heavy atom. The molecule has 1 aliphatic heterocycles. The summed E-state index contributed by atoms with van der Waals surface area (Å²) in [6.45, 7) is 6.62. The summed E-state index contributed by atoms with van der Waals surface area (Å²) in [4.78, 5) is 11.4. The van der Waals surface area contributed by atoms with Gasteiger partial charge >= 0.3 is 0 Å². The summed E-state index contributed by atoms with van der Waals surface area (Å²) in [6.07, 6.45) is 5.57. The summed E-state index contributed by atoms with van der Waals surface area (Å²) in [5.74, 6) is 1.06. The molecule has 1 unspecified atom stereocenters. The van der Waals surface area contributed by atoms with E-state index in [1.807, 2.05) is 6.07 Å². The molecule has 1 aromatic heterocycles. The molecule has 4 heteroatoms. The number of benzene rings is 1. The van der Waals surface area contributed by atoms with Gasteiger partial charge in [-0.15, -0.1) is 0 Å². The Bertz CT molecular complexity index is 585. The van der Waals surface area contributed by atoms with Gasteiger partial charge in [-0.2, -0.15) is 0 Å². The number of piperidine rings is 1. The van der Waals surface area contributed by atoms with E-state index >= 15 is 0 Å². The third kappa shape index (κ3) is 3.16. The van der Waals surface area contributed by atoms with E-state index in [-0.39, 0.29) is 0 Å². The fourth-order valence-corrected chi connectivity index (χ4v) is 3.08. The van der Waals surface area contributed by atoms with E-state index in [0.717, 1.165) is 29.8 Å². The highest BCUT2D eigenvalue weighted by Crippen LogP contribution is 2.25. The van der Waals surface area contributed by atoms with Crippen molar-refractivity contribution < 1.29 is 0 Å². The number of nitrogens with one attached hydrogen (secondary N) is 1. The summed E-state index contributed by atoms with van der Waals surface area (Å²) >= 11 is 0. The van der Waals surface area contributed by atoms with E-state index in [1.165, 1.54) is 19.3 Å².